The minimum absolute atomic E-state index is 0.326. The van der Waals surface area contributed by atoms with Crippen molar-refractivity contribution in [1.82, 2.24) is 0 Å². The predicted molar refractivity (Wildman–Crippen MR) is 142 cm³/mol. The van der Waals surface area contributed by atoms with Crippen LogP contribution in [0.4, 0.5) is 10.5 Å². The molecule has 0 aliphatic heterocycles. The Labute approximate surface area is 198 Å². The summed E-state index contributed by atoms with van der Waals surface area (Å²) in [6, 6.07) is 6.00. The van der Waals surface area contributed by atoms with Crippen LogP contribution in [0.25, 0.3) is 0 Å². The van der Waals surface area contributed by atoms with Gasteiger partial charge in [0.2, 0.25) is 0 Å². The molecular weight excluding hydrogens is 392 g/mol. The summed E-state index contributed by atoms with van der Waals surface area (Å²) in [5, 5.41) is 0. The van der Waals surface area contributed by atoms with Gasteiger partial charge in [0.05, 0.1) is 5.69 Å². The Balaban J connectivity index is 2.17. The number of anilines is 1. The van der Waals surface area contributed by atoms with Crippen LogP contribution in [0.1, 0.15) is 122 Å². The molecule has 0 saturated carbocycles. The highest BCUT2D eigenvalue weighted by atomic mass is 16.2. The van der Waals surface area contributed by atoms with Crippen LogP contribution in [0.2, 0.25) is 0 Å². The molecule has 2 amide bonds. The van der Waals surface area contributed by atoms with E-state index in [-0.39, 0.29) is 6.03 Å². The van der Waals surface area contributed by atoms with E-state index in [1.807, 2.05) is 4.90 Å². The van der Waals surface area contributed by atoms with Crippen LogP contribution >= 0.6 is 0 Å². The fourth-order valence-corrected chi connectivity index (χ4v) is 4.41. The van der Waals surface area contributed by atoms with Crippen LogP contribution in [0.3, 0.4) is 0 Å². The maximum Gasteiger partial charge on any atom is 0.319 e. The molecule has 182 valence electrons. The van der Waals surface area contributed by atoms with Gasteiger partial charge in [0.1, 0.15) is 0 Å². The van der Waals surface area contributed by atoms with Crippen molar-refractivity contribution in [2.75, 3.05) is 11.4 Å². The number of nitrogens with zero attached hydrogens (tertiary/aromatic N) is 1. The van der Waals surface area contributed by atoms with Crippen molar-refractivity contribution in [2.24, 2.45) is 5.73 Å². The van der Waals surface area contributed by atoms with Crippen LogP contribution in [-0.2, 0) is 12.8 Å². The van der Waals surface area contributed by atoms with Gasteiger partial charge in [-0.15, -0.1) is 0 Å². The number of benzene rings is 1. The maximum absolute atomic E-state index is 12.2. The van der Waals surface area contributed by atoms with Gasteiger partial charge in [-0.3, -0.25) is 4.90 Å². The Bertz CT molecular complexity index is 616. The summed E-state index contributed by atoms with van der Waals surface area (Å²) in [6.07, 6.45) is 24.7. The van der Waals surface area contributed by atoms with Gasteiger partial charge >= 0.3 is 6.03 Å². The van der Waals surface area contributed by atoms with Crippen molar-refractivity contribution in [3.8, 4) is 0 Å². The highest BCUT2D eigenvalue weighted by Gasteiger charge is 2.18. The first-order chi connectivity index (χ1) is 15.7. The van der Waals surface area contributed by atoms with E-state index in [4.69, 9.17) is 5.73 Å². The second kappa shape index (κ2) is 18.8. The van der Waals surface area contributed by atoms with E-state index in [1.165, 1.54) is 88.2 Å². The molecule has 0 heterocycles. The van der Waals surface area contributed by atoms with Crippen LogP contribution in [-0.4, -0.2) is 12.6 Å². The Morgan fingerprint density at radius 3 is 1.69 bits per heavy atom. The topological polar surface area (TPSA) is 46.3 Å². The van der Waals surface area contributed by atoms with Crippen LogP contribution < -0.4 is 10.6 Å². The SMILES string of the molecule is CCCCCCCCC=CCCCCCCCCN(C(N)=O)c1c(CC)cccc1CC. The van der Waals surface area contributed by atoms with Gasteiger partial charge < -0.3 is 5.73 Å². The standard InChI is InChI=1S/C29H50N2O/c1-4-7-8-9-10-11-12-13-14-15-16-17-18-19-20-21-25-31(29(30)32)28-26(5-2)23-22-24-27(28)6-3/h13-14,22-24H,4-12,15-21,25H2,1-3H3,(H2,30,32). The van der Waals surface area contributed by atoms with Gasteiger partial charge in [0.25, 0.3) is 0 Å². The number of hydrogen-bond donors (Lipinski definition) is 1. The van der Waals surface area contributed by atoms with Gasteiger partial charge in [-0.1, -0.05) is 109 Å². The molecule has 32 heavy (non-hydrogen) atoms. The Morgan fingerprint density at radius 2 is 1.22 bits per heavy atom. The highest BCUT2D eigenvalue weighted by molar-refractivity contribution is 5.92. The van der Waals surface area contributed by atoms with Crippen molar-refractivity contribution >= 4 is 11.7 Å². The molecule has 3 nitrogen and oxygen atoms in total. The first-order valence-electron chi connectivity index (χ1n) is 13.5. The molecule has 0 aliphatic carbocycles. The number of para-hydroxylation sites is 1. The summed E-state index contributed by atoms with van der Waals surface area (Å²) in [5.74, 6) is 0. The monoisotopic (exact) mass is 442 g/mol. The van der Waals surface area contributed by atoms with Gasteiger partial charge in [-0.2, -0.15) is 0 Å². The number of urea groups is 1. The number of unbranched alkanes of at least 4 members (excludes halogenated alkanes) is 12. The van der Waals surface area contributed by atoms with Crippen molar-refractivity contribution in [3.05, 3.63) is 41.5 Å². The largest absolute Gasteiger partial charge is 0.351 e. The number of amides is 2. The van der Waals surface area contributed by atoms with Gasteiger partial charge in [0, 0.05) is 6.54 Å². The maximum atomic E-state index is 12.2. The van der Waals surface area contributed by atoms with Crippen LogP contribution in [0.5, 0.6) is 0 Å². The molecule has 3 heteroatoms. The van der Waals surface area contributed by atoms with Gasteiger partial charge in [-0.25, -0.2) is 4.79 Å². The molecule has 2 N–H and O–H groups in total. The van der Waals surface area contributed by atoms with E-state index in [1.54, 1.807) is 0 Å². The minimum atomic E-state index is -0.326. The normalized spacial score (nSPS) is 11.3. The third-order valence-corrected chi connectivity index (χ3v) is 6.39. The molecule has 0 fully saturated rings. The van der Waals surface area contributed by atoms with Gasteiger partial charge in [0.15, 0.2) is 0 Å². The molecular formula is C29H50N2O. The lowest BCUT2D eigenvalue weighted by Crippen LogP contribution is -2.37. The number of aryl methyl sites for hydroxylation is 2. The Hall–Kier alpha value is -1.77. The molecule has 1 aromatic carbocycles. The first-order valence-corrected chi connectivity index (χ1v) is 13.5. The van der Waals surface area contributed by atoms with Crippen molar-refractivity contribution in [1.29, 1.82) is 0 Å². The third kappa shape index (κ3) is 11.7. The van der Waals surface area contributed by atoms with E-state index >= 15 is 0 Å². The van der Waals surface area contributed by atoms with Crippen LogP contribution in [0.15, 0.2) is 30.4 Å². The van der Waals surface area contributed by atoms with E-state index < -0.39 is 0 Å². The molecule has 1 aromatic rings. The van der Waals surface area contributed by atoms with Crippen molar-refractivity contribution in [3.63, 3.8) is 0 Å². The van der Waals surface area contributed by atoms with Crippen molar-refractivity contribution < 1.29 is 4.79 Å². The van der Waals surface area contributed by atoms with E-state index in [0.29, 0.717) is 0 Å². The smallest absolute Gasteiger partial charge is 0.319 e. The average molecular weight is 443 g/mol. The number of allylic oxidation sites excluding steroid dienone is 2. The molecule has 0 spiro atoms. The predicted octanol–water partition coefficient (Wildman–Crippen LogP) is 8.73. The summed E-state index contributed by atoms with van der Waals surface area (Å²) in [6.45, 7) is 7.28. The number of rotatable bonds is 19. The molecule has 1 rings (SSSR count). The van der Waals surface area contributed by atoms with Crippen LogP contribution in [0, 0.1) is 0 Å². The van der Waals surface area contributed by atoms with Gasteiger partial charge in [-0.05, 0) is 56.1 Å². The zero-order valence-electron chi connectivity index (χ0n) is 21.3. The lowest BCUT2D eigenvalue weighted by atomic mass is 10.0. The molecule has 0 aromatic heterocycles. The number of hydrogen-bond acceptors (Lipinski definition) is 1. The number of carbonyl (C=O) groups is 1. The average Bonchev–Trinajstić information content (AvgIpc) is 2.80. The number of nitrogens with two attached hydrogens (primary N) is 1. The quantitative estimate of drug-likeness (QED) is 0.169. The van der Waals surface area contributed by atoms with E-state index in [0.717, 1.165) is 37.9 Å². The summed E-state index contributed by atoms with van der Waals surface area (Å²) >= 11 is 0. The number of carbonyl (C=O) groups excluding carboxylic acids is 1. The molecule has 0 radical (unpaired) electrons. The lowest BCUT2D eigenvalue weighted by Gasteiger charge is -2.26. The van der Waals surface area contributed by atoms with Crippen molar-refractivity contribution in [2.45, 2.75) is 124 Å². The number of primary amides is 1. The molecule has 0 aliphatic rings. The molecule has 0 bridgehead atoms. The fourth-order valence-electron chi connectivity index (χ4n) is 4.41. The third-order valence-electron chi connectivity index (χ3n) is 6.39. The second-order valence-corrected chi connectivity index (χ2v) is 9.06. The van der Waals surface area contributed by atoms with E-state index in [2.05, 4.69) is 51.1 Å². The fraction of sp³-hybridized carbons (Fsp3) is 0.690. The second-order valence-electron chi connectivity index (χ2n) is 9.06. The molecule has 0 saturated heterocycles. The summed E-state index contributed by atoms with van der Waals surface area (Å²) < 4.78 is 0. The first kappa shape index (κ1) is 28.3. The molecule has 0 atom stereocenters. The summed E-state index contributed by atoms with van der Waals surface area (Å²) in [7, 11) is 0. The highest BCUT2D eigenvalue weighted by Crippen LogP contribution is 2.27. The summed E-state index contributed by atoms with van der Waals surface area (Å²) in [5.41, 5.74) is 9.25. The van der Waals surface area contributed by atoms with E-state index in [9.17, 15) is 4.79 Å². The Kier molecular flexibility index (Phi) is 16.6. The zero-order valence-corrected chi connectivity index (χ0v) is 21.3. The minimum Gasteiger partial charge on any atom is -0.351 e. The zero-order chi connectivity index (χ0) is 23.4. The summed E-state index contributed by atoms with van der Waals surface area (Å²) in [4.78, 5) is 14.0. The lowest BCUT2D eigenvalue weighted by molar-refractivity contribution is 0.253. The Morgan fingerprint density at radius 1 is 0.750 bits per heavy atom. The molecule has 0 unspecified atom stereocenters.